The molecule has 0 rings (SSSR count). The maximum atomic E-state index is 10.1. The molecule has 0 spiro atoms. The van der Waals surface area contributed by atoms with E-state index in [1.807, 2.05) is 0 Å². The quantitative estimate of drug-likeness (QED) is 0.306. The first-order valence-corrected chi connectivity index (χ1v) is 2.96. The molecular weight excluding hydrogens is 190 g/mol. The zero-order valence-electron chi connectivity index (χ0n) is 4.80. The Kier molecular flexibility index (Phi) is 4.04. The van der Waals surface area contributed by atoms with Crippen molar-refractivity contribution in [1.82, 2.24) is 0 Å². The Morgan fingerprint density at radius 2 is 2.44 bits per heavy atom. The summed E-state index contributed by atoms with van der Waals surface area (Å²) in [5.74, 6) is -0.407. The molecule has 0 bridgehead atoms. The minimum absolute atomic E-state index is 0.0220. The number of nitrogens with zero attached hydrogens (tertiary/aromatic N) is 1. The molecule has 1 N–H and O–H groups in total. The Bertz CT molecular complexity index is 134. The molecule has 0 aliphatic carbocycles. The van der Waals surface area contributed by atoms with Crippen LogP contribution < -0.4 is 0 Å². The Hall–Kier alpha value is -0.580. The van der Waals surface area contributed by atoms with Gasteiger partial charge < -0.3 is 9.94 Å². The lowest BCUT2D eigenvalue weighted by Crippen LogP contribution is -2.05. The van der Waals surface area contributed by atoms with Gasteiger partial charge in [-0.2, -0.15) is 0 Å². The van der Waals surface area contributed by atoms with Crippen LogP contribution >= 0.6 is 15.9 Å². The highest BCUT2D eigenvalue weighted by atomic mass is 79.9. The minimum atomic E-state index is -0.407. The second-order valence-electron chi connectivity index (χ2n) is 1.26. The molecule has 0 aromatic heterocycles. The van der Waals surface area contributed by atoms with Gasteiger partial charge in [0.05, 0.1) is 0 Å². The summed E-state index contributed by atoms with van der Waals surface area (Å²) in [6.45, 7) is 1.25. The van der Waals surface area contributed by atoms with Crippen LogP contribution in [-0.2, 0) is 9.53 Å². The van der Waals surface area contributed by atoms with Crippen molar-refractivity contribution in [2.45, 2.75) is 6.92 Å². The van der Waals surface area contributed by atoms with Gasteiger partial charge in [0, 0.05) is 6.92 Å². The van der Waals surface area contributed by atoms with Gasteiger partial charge in [-0.1, -0.05) is 5.16 Å². The molecule has 4 nitrogen and oxygen atoms in total. The number of carbonyl (C=O) groups excluding carboxylic acids is 1. The molecule has 0 aromatic rings. The molecule has 0 saturated heterocycles. The van der Waals surface area contributed by atoms with E-state index in [1.165, 1.54) is 6.92 Å². The molecule has 52 valence electrons. The van der Waals surface area contributed by atoms with Crippen LogP contribution in [0.15, 0.2) is 5.16 Å². The summed E-state index contributed by atoms with van der Waals surface area (Å²) in [4.78, 5) is 10.1. The molecule has 0 fully saturated rings. The van der Waals surface area contributed by atoms with E-state index in [0.717, 1.165) is 0 Å². The van der Waals surface area contributed by atoms with Crippen LogP contribution in [0.3, 0.4) is 0 Å². The van der Waals surface area contributed by atoms with Crippen molar-refractivity contribution in [3.8, 4) is 0 Å². The monoisotopic (exact) mass is 195 g/mol. The van der Waals surface area contributed by atoms with Crippen molar-refractivity contribution in [3.63, 3.8) is 0 Å². The van der Waals surface area contributed by atoms with Crippen molar-refractivity contribution in [3.05, 3.63) is 0 Å². The van der Waals surface area contributed by atoms with E-state index in [1.54, 1.807) is 0 Å². The molecule has 0 amide bonds. The molecular formula is C4H6BrNO3. The lowest BCUT2D eigenvalue weighted by Gasteiger charge is -1.95. The predicted octanol–water partition coefficient (Wildman–Crippen LogP) is 0.732. The predicted molar refractivity (Wildman–Crippen MR) is 34.8 cm³/mol. The summed E-state index contributed by atoms with van der Waals surface area (Å²) in [6.07, 6.45) is 0. The van der Waals surface area contributed by atoms with E-state index in [9.17, 15) is 4.79 Å². The van der Waals surface area contributed by atoms with Crippen LogP contribution in [0.1, 0.15) is 6.92 Å². The molecule has 0 unspecified atom stereocenters. The van der Waals surface area contributed by atoms with Gasteiger partial charge in [-0.25, -0.2) is 0 Å². The van der Waals surface area contributed by atoms with Crippen molar-refractivity contribution in [1.29, 1.82) is 0 Å². The molecule has 0 saturated carbocycles. The average Bonchev–Trinajstić information content (AvgIpc) is 1.83. The van der Waals surface area contributed by atoms with Crippen LogP contribution in [0.5, 0.6) is 0 Å². The van der Waals surface area contributed by atoms with Crippen molar-refractivity contribution >= 4 is 26.5 Å². The maximum absolute atomic E-state index is 10.1. The summed E-state index contributed by atoms with van der Waals surface area (Å²) in [5, 5.41) is 10.7. The van der Waals surface area contributed by atoms with Gasteiger partial charge in [0.2, 0.25) is 0 Å². The molecule has 0 radical (unpaired) electrons. The summed E-state index contributed by atoms with van der Waals surface area (Å²) in [5.41, 5.74) is 0. The van der Waals surface area contributed by atoms with Gasteiger partial charge >= 0.3 is 5.97 Å². The molecule has 5 heteroatoms. The fraction of sp³-hybridized carbons (Fsp3) is 0.500. The van der Waals surface area contributed by atoms with Crippen molar-refractivity contribution in [2.24, 2.45) is 5.16 Å². The Balaban J connectivity index is 3.39. The van der Waals surface area contributed by atoms with Gasteiger partial charge in [-0.05, 0) is 15.9 Å². The Labute approximate surface area is 60.6 Å². The third kappa shape index (κ3) is 5.29. The highest BCUT2D eigenvalue weighted by molar-refractivity contribution is 9.18. The standard InChI is InChI=1S/C4H6BrNO3/c1-3(7)9-2-4(5)6-8/h8H,2H2,1H3. The van der Waals surface area contributed by atoms with Gasteiger partial charge in [0.25, 0.3) is 0 Å². The smallest absolute Gasteiger partial charge is 0.303 e. The summed E-state index contributed by atoms with van der Waals surface area (Å²) in [6, 6.07) is 0. The van der Waals surface area contributed by atoms with Gasteiger partial charge in [-0.3, -0.25) is 4.79 Å². The van der Waals surface area contributed by atoms with Crippen molar-refractivity contribution in [2.75, 3.05) is 6.61 Å². The largest absolute Gasteiger partial charge is 0.459 e. The molecule has 0 aromatic carbocycles. The molecule has 9 heavy (non-hydrogen) atoms. The van der Waals surface area contributed by atoms with Crippen LogP contribution in [0.2, 0.25) is 0 Å². The molecule has 0 heterocycles. The van der Waals surface area contributed by atoms with Crippen molar-refractivity contribution < 1.29 is 14.7 Å². The first-order valence-electron chi connectivity index (χ1n) is 2.16. The first-order chi connectivity index (χ1) is 4.16. The lowest BCUT2D eigenvalue weighted by atomic mass is 10.7. The third-order valence-electron chi connectivity index (χ3n) is 0.503. The topological polar surface area (TPSA) is 58.9 Å². The van der Waals surface area contributed by atoms with Gasteiger partial charge in [-0.15, -0.1) is 0 Å². The van der Waals surface area contributed by atoms with E-state index >= 15 is 0 Å². The maximum Gasteiger partial charge on any atom is 0.303 e. The highest BCUT2D eigenvalue weighted by Gasteiger charge is 1.95. The number of esters is 1. The second-order valence-corrected chi connectivity index (χ2v) is 2.17. The zero-order chi connectivity index (χ0) is 7.28. The van der Waals surface area contributed by atoms with Gasteiger partial charge in [0.15, 0.2) is 4.62 Å². The normalized spacial score (nSPS) is 11.1. The summed E-state index contributed by atoms with van der Waals surface area (Å²) < 4.78 is 4.61. The molecule has 0 aliphatic rings. The van der Waals surface area contributed by atoms with E-state index in [-0.39, 0.29) is 11.2 Å². The Morgan fingerprint density at radius 3 is 2.78 bits per heavy atom. The zero-order valence-corrected chi connectivity index (χ0v) is 6.38. The fourth-order valence-electron chi connectivity index (χ4n) is 0.190. The van der Waals surface area contributed by atoms with Crippen LogP contribution in [-0.4, -0.2) is 22.4 Å². The minimum Gasteiger partial charge on any atom is -0.459 e. The second kappa shape index (κ2) is 4.31. The fourth-order valence-corrected chi connectivity index (χ4v) is 0.305. The van der Waals surface area contributed by atoms with Crippen LogP contribution in [0.4, 0.5) is 0 Å². The van der Waals surface area contributed by atoms with E-state index < -0.39 is 5.97 Å². The average molecular weight is 196 g/mol. The number of ether oxygens (including phenoxy) is 1. The van der Waals surface area contributed by atoms with Crippen LogP contribution in [0.25, 0.3) is 0 Å². The lowest BCUT2D eigenvalue weighted by molar-refractivity contribution is -0.139. The third-order valence-corrected chi connectivity index (χ3v) is 0.891. The molecule has 0 atom stereocenters. The summed E-state index contributed by atoms with van der Waals surface area (Å²) >= 11 is 2.83. The van der Waals surface area contributed by atoms with Gasteiger partial charge in [0.1, 0.15) is 6.61 Å². The highest BCUT2D eigenvalue weighted by Crippen LogP contribution is 1.89. The molecule has 0 aliphatic heterocycles. The van der Waals surface area contributed by atoms with E-state index in [4.69, 9.17) is 5.21 Å². The number of oxime groups is 1. The SMILES string of the molecule is CC(=O)OCC(Br)=NO. The number of rotatable bonds is 2. The number of halogens is 1. The summed E-state index contributed by atoms with van der Waals surface area (Å²) in [7, 11) is 0. The van der Waals surface area contributed by atoms with E-state index in [0.29, 0.717) is 0 Å². The number of hydrogen-bond acceptors (Lipinski definition) is 4. The first kappa shape index (κ1) is 8.42. The number of carbonyl (C=O) groups is 1. The van der Waals surface area contributed by atoms with E-state index in [2.05, 4.69) is 25.8 Å². The Morgan fingerprint density at radius 1 is 1.89 bits per heavy atom. The van der Waals surface area contributed by atoms with Crippen LogP contribution in [0, 0.1) is 0 Å². The number of hydrogen-bond donors (Lipinski definition) is 1.